The maximum Gasteiger partial charge on any atom is -0.0209 e. The van der Waals surface area contributed by atoms with Gasteiger partial charge in [-0.25, -0.2) is 0 Å². The Morgan fingerprint density at radius 1 is 1.71 bits per heavy atom. The fraction of sp³-hybridized carbons (Fsp3) is 0.286. The maximum absolute atomic E-state index is 3.49. The van der Waals surface area contributed by atoms with Crippen molar-refractivity contribution in [3.05, 3.63) is 30.5 Å². The first-order valence-corrected chi connectivity index (χ1v) is 2.43. The highest BCUT2D eigenvalue weighted by Crippen LogP contribution is 1.74. The van der Waals surface area contributed by atoms with Gasteiger partial charge < -0.3 is 0 Å². The summed E-state index contributed by atoms with van der Waals surface area (Å²) in [6.07, 6.45) is 6.52. The van der Waals surface area contributed by atoms with E-state index in [2.05, 4.69) is 19.2 Å². The molecule has 0 fully saturated rings. The third-order valence-corrected chi connectivity index (χ3v) is 0.536. The molecular weight excluding hydrogens is 84.1 g/mol. The molecule has 0 nitrogen and oxygen atoms in total. The van der Waals surface area contributed by atoms with Gasteiger partial charge in [-0.1, -0.05) is 19.6 Å². The molecule has 0 aromatic carbocycles. The van der Waals surface area contributed by atoms with E-state index in [4.69, 9.17) is 0 Å². The first-order chi connectivity index (χ1) is 3.41. The van der Waals surface area contributed by atoms with Crippen LogP contribution < -0.4 is 0 Å². The van der Waals surface area contributed by atoms with Gasteiger partial charge in [-0.15, -0.1) is 5.73 Å². The zero-order valence-electron chi connectivity index (χ0n) is 4.65. The number of hydrogen-bond donors (Lipinski definition) is 0. The average Bonchev–Trinajstić information content (AvgIpc) is 1.69. The second-order valence-corrected chi connectivity index (χ2v) is 1.18. The van der Waals surface area contributed by atoms with Gasteiger partial charge in [0.05, 0.1) is 0 Å². The van der Waals surface area contributed by atoms with Gasteiger partial charge in [-0.3, -0.25) is 0 Å². The van der Waals surface area contributed by atoms with E-state index >= 15 is 0 Å². The SMILES string of the molecule is C=CC=C=CCC. The summed E-state index contributed by atoms with van der Waals surface area (Å²) < 4.78 is 0. The van der Waals surface area contributed by atoms with Crippen LogP contribution in [0.4, 0.5) is 0 Å². The molecule has 0 saturated carbocycles. The summed E-state index contributed by atoms with van der Waals surface area (Å²) in [7, 11) is 0. The number of rotatable bonds is 2. The van der Waals surface area contributed by atoms with Gasteiger partial charge in [0.15, 0.2) is 0 Å². The zero-order chi connectivity index (χ0) is 5.54. The van der Waals surface area contributed by atoms with E-state index in [-0.39, 0.29) is 0 Å². The summed E-state index contributed by atoms with van der Waals surface area (Å²) in [4.78, 5) is 0. The van der Waals surface area contributed by atoms with E-state index in [1.54, 1.807) is 12.2 Å². The van der Waals surface area contributed by atoms with Crippen LogP contribution in [0.1, 0.15) is 13.3 Å². The molecule has 0 N–H and O–H groups in total. The molecule has 38 valence electrons. The molecule has 0 heteroatoms. The minimum absolute atomic E-state index is 1.05. The summed E-state index contributed by atoms with van der Waals surface area (Å²) in [5.74, 6) is 0. The Bertz CT molecular complexity index is 92.6. The summed E-state index contributed by atoms with van der Waals surface area (Å²) >= 11 is 0. The predicted octanol–water partition coefficient (Wildman–Crippen LogP) is 2.29. The molecule has 0 unspecified atom stereocenters. The van der Waals surface area contributed by atoms with Gasteiger partial charge in [0, 0.05) is 0 Å². The summed E-state index contributed by atoms with van der Waals surface area (Å²) in [5.41, 5.74) is 2.92. The van der Waals surface area contributed by atoms with Crippen molar-refractivity contribution in [3.8, 4) is 0 Å². The van der Waals surface area contributed by atoms with E-state index in [1.807, 2.05) is 6.08 Å². The largest absolute Gasteiger partial charge is 0.125 e. The van der Waals surface area contributed by atoms with Gasteiger partial charge >= 0.3 is 0 Å². The lowest BCUT2D eigenvalue weighted by molar-refractivity contribution is 1.23. The van der Waals surface area contributed by atoms with Crippen LogP contribution in [0.5, 0.6) is 0 Å². The van der Waals surface area contributed by atoms with E-state index in [0.717, 1.165) is 6.42 Å². The number of allylic oxidation sites excluding steroid dienone is 2. The quantitative estimate of drug-likeness (QED) is 0.364. The molecule has 0 aliphatic heterocycles. The van der Waals surface area contributed by atoms with Crippen LogP contribution in [0.3, 0.4) is 0 Å². The van der Waals surface area contributed by atoms with Crippen molar-refractivity contribution < 1.29 is 0 Å². The lowest BCUT2D eigenvalue weighted by Gasteiger charge is -1.63. The summed E-state index contributed by atoms with van der Waals surface area (Å²) in [6, 6.07) is 0. The van der Waals surface area contributed by atoms with Crippen molar-refractivity contribution in [2.24, 2.45) is 0 Å². The molecule has 0 heterocycles. The molecule has 0 rings (SSSR count). The van der Waals surface area contributed by atoms with Crippen LogP contribution in [-0.2, 0) is 0 Å². The molecule has 0 spiro atoms. The van der Waals surface area contributed by atoms with E-state index in [1.165, 1.54) is 0 Å². The van der Waals surface area contributed by atoms with Crippen molar-refractivity contribution >= 4 is 0 Å². The highest BCUT2D eigenvalue weighted by atomic mass is 13.6. The van der Waals surface area contributed by atoms with Crippen LogP contribution in [0.2, 0.25) is 0 Å². The standard InChI is InChI=1S/C7H10/c1-3-5-7-6-4-2/h3,5-6H,1,4H2,2H3. The van der Waals surface area contributed by atoms with Crippen molar-refractivity contribution in [3.63, 3.8) is 0 Å². The Morgan fingerprint density at radius 3 is 2.86 bits per heavy atom. The predicted molar refractivity (Wildman–Crippen MR) is 33.1 cm³/mol. The second kappa shape index (κ2) is 5.26. The van der Waals surface area contributed by atoms with Crippen molar-refractivity contribution in [1.82, 2.24) is 0 Å². The van der Waals surface area contributed by atoms with Crippen LogP contribution in [0, 0.1) is 0 Å². The fourth-order valence-electron chi connectivity index (χ4n) is 0.254. The third kappa shape index (κ3) is 5.26. The normalized spacial score (nSPS) is 6.43. The van der Waals surface area contributed by atoms with Crippen LogP contribution in [-0.4, -0.2) is 0 Å². The zero-order valence-corrected chi connectivity index (χ0v) is 4.65. The van der Waals surface area contributed by atoms with Gasteiger partial charge in [0.1, 0.15) is 0 Å². The van der Waals surface area contributed by atoms with Crippen molar-refractivity contribution in [2.45, 2.75) is 13.3 Å². The third-order valence-electron chi connectivity index (χ3n) is 0.536. The van der Waals surface area contributed by atoms with Crippen molar-refractivity contribution in [2.75, 3.05) is 0 Å². The molecule has 0 atom stereocenters. The maximum atomic E-state index is 3.49. The van der Waals surface area contributed by atoms with Crippen LogP contribution in [0.15, 0.2) is 30.5 Å². The number of hydrogen-bond acceptors (Lipinski definition) is 0. The minimum Gasteiger partial charge on any atom is -0.125 e. The Hall–Kier alpha value is -0.740. The molecule has 0 aliphatic rings. The topological polar surface area (TPSA) is 0 Å². The van der Waals surface area contributed by atoms with Gasteiger partial charge in [-0.2, -0.15) is 0 Å². The summed E-state index contributed by atoms with van der Waals surface area (Å²) in [6.45, 7) is 5.57. The Kier molecular flexibility index (Phi) is 4.70. The molecule has 0 radical (unpaired) electrons. The lowest BCUT2D eigenvalue weighted by atomic mass is 10.4. The second-order valence-electron chi connectivity index (χ2n) is 1.18. The fourth-order valence-corrected chi connectivity index (χ4v) is 0.254. The highest BCUT2D eigenvalue weighted by molar-refractivity contribution is 4.96. The molecule has 0 amide bonds. The van der Waals surface area contributed by atoms with Gasteiger partial charge in [0.25, 0.3) is 0 Å². The highest BCUT2D eigenvalue weighted by Gasteiger charge is 1.53. The molecule has 0 aromatic rings. The Labute approximate surface area is 44.9 Å². The first-order valence-electron chi connectivity index (χ1n) is 2.43. The molecule has 0 aromatic heterocycles. The van der Waals surface area contributed by atoms with Crippen molar-refractivity contribution in [1.29, 1.82) is 0 Å². The molecular formula is C7H10. The molecule has 0 bridgehead atoms. The molecule has 0 aliphatic carbocycles. The lowest BCUT2D eigenvalue weighted by Crippen LogP contribution is -1.43. The first kappa shape index (κ1) is 6.26. The van der Waals surface area contributed by atoms with Crippen LogP contribution >= 0.6 is 0 Å². The van der Waals surface area contributed by atoms with E-state index < -0.39 is 0 Å². The molecule has 7 heavy (non-hydrogen) atoms. The Morgan fingerprint density at radius 2 is 2.43 bits per heavy atom. The Balaban J connectivity index is 3.40. The van der Waals surface area contributed by atoms with Gasteiger partial charge in [-0.05, 0) is 18.6 Å². The van der Waals surface area contributed by atoms with E-state index in [9.17, 15) is 0 Å². The monoisotopic (exact) mass is 94.1 g/mol. The van der Waals surface area contributed by atoms with Crippen LogP contribution in [0.25, 0.3) is 0 Å². The van der Waals surface area contributed by atoms with E-state index in [0.29, 0.717) is 0 Å². The van der Waals surface area contributed by atoms with Gasteiger partial charge in [0.2, 0.25) is 0 Å². The smallest absolute Gasteiger partial charge is 0.0209 e. The summed E-state index contributed by atoms with van der Waals surface area (Å²) in [5, 5.41) is 0. The minimum atomic E-state index is 1.05. The molecule has 0 saturated heterocycles. The average molecular weight is 94.2 g/mol.